The van der Waals surface area contributed by atoms with Crippen LogP contribution in [0.4, 0.5) is 13.2 Å². The van der Waals surface area contributed by atoms with Crippen molar-refractivity contribution in [3.8, 4) is 0 Å². The molecule has 0 fully saturated rings. The number of pyridine rings is 1. The van der Waals surface area contributed by atoms with Crippen LogP contribution in [-0.4, -0.2) is 4.57 Å². The van der Waals surface area contributed by atoms with Crippen molar-refractivity contribution < 1.29 is 13.2 Å². The topological polar surface area (TPSA) is 48.0 Å². The summed E-state index contributed by atoms with van der Waals surface area (Å²) in [5.74, 6) is 0. The summed E-state index contributed by atoms with van der Waals surface area (Å²) in [5, 5.41) is 0.363. The van der Waals surface area contributed by atoms with Gasteiger partial charge in [-0.05, 0) is 23.3 Å². The smallest absolute Gasteiger partial charge is 0.326 e. The number of aromatic nitrogens is 1. The van der Waals surface area contributed by atoms with E-state index >= 15 is 0 Å². The van der Waals surface area contributed by atoms with Gasteiger partial charge in [0, 0.05) is 23.8 Å². The molecule has 1 aromatic carbocycles. The summed E-state index contributed by atoms with van der Waals surface area (Å²) in [7, 11) is 0. The van der Waals surface area contributed by atoms with Crippen molar-refractivity contribution in [2.45, 2.75) is 19.3 Å². The van der Waals surface area contributed by atoms with Crippen LogP contribution in [0.2, 0.25) is 5.02 Å². The molecule has 0 aliphatic rings. The minimum absolute atomic E-state index is 0.0353. The molecule has 0 amide bonds. The Kier molecular flexibility index (Phi) is 4.39. The van der Waals surface area contributed by atoms with Crippen LogP contribution in [0.5, 0.6) is 0 Å². The molecule has 0 radical (unpaired) electrons. The molecule has 0 atom stereocenters. The van der Waals surface area contributed by atoms with Gasteiger partial charge in [-0.2, -0.15) is 13.2 Å². The molecule has 2 N–H and O–H groups in total. The Bertz CT molecular complexity index is 710. The molecule has 0 unspecified atom stereocenters. The Morgan fingerprint density at radius 3 is 2.48 bits per heavy atom. The second-order valence-corrected chi connectivity index (χ2v) is 4.92. The predicted molar refractivity (Wildman–Crippen MR) is 74.1 cm³/mol. The number of nitrogens with two attached hydrogens (primary N) is 1. The van der Waals surface area contributed by atoms with Crippen LogP contribution in [-0.2, 0) is 19.3 Å². The van der Waals surface area contributed by atoms with Crippen LogP contribution in [0.15, 0.2) is 41.3 Å². The van der Waals surface area contributed by atoms with E-state index in [1.807, 2.05) is 0 Å². The van der Waals surface area contributed by atoms with E-state index in [2.05, 4.69) is 0 Å². The predicted octanol–water partition coefficient (Wildman–Crippen LogP) is 3.03. The second kappa shape index (κ2) is 5.91. The maximum absolute atomic E-state index is 12.7. The molecule has 1 aromatic heterocycles. The molecule has 112 valence electrons. The number of rotatable bonds is 3. The highest BCUT2D eigenvalue weighted by atomic mass is 35.5. The molecule has 2 rings (SSSR count). The third kappa shape index (κ3) is 3.65. The van der Waals surface area contributed by atoms with Gasteiger partial charge in [-0.1, -0.05) is 23.7 Å². The van der Waals surface area contributed by atoms with Gasteiger partial charge in [0.25, 0.3) is 5.56 Å². The number of alkyl halides is 3. The quantitative estimate of drug-likeness (QED) is 0.946. The van der Waals surface area contributed by atoms with Crippen molar-refractivity contribution >= 4 is 11.6 Å². The number of halogens is 4. The summed E-state index contributed by atoms with van der Waals surface area (Å²) in [6, 6.07) is 6.66. The highest BCUT2D eigenvalue weighted by Gasteiger charge is 2.31. The van der Waals surface area contributed by atoms with Crippen LogP contribution < -0.4 is 11.3 Å². The lowest BCUT2D eigenvalue weighted by Gasteiger charge is -2.12. The maximum Gasteiger partial charge on any atom is 0.417 e. The van der Waals surface area contributed by atoms with Crippen LogP contribution in [0.1, 0.15) is 16.7 Å². The fourth-order valence-electron chi connectivity index (χ4n) is 1.85. The van der Waals surface area contributed by atoms with Gasteiger partial charge in [-0.3, -0.25) is 4.79 Å². The third-order valence-corrected chi connectivity index (χ3v) is 3.36. The summed E-state index contributed by atoms with van der Waals surface area (Å²) in [4.78, 5) is 11.7. The lowest BCUT2D eigenvalue weighted by Crippen LogP contribution is -2.22. The van der Waals surface area contributed by atoms with E-state index in [4.69, 9.17) is 17.3 Å². The zero-order valence-electron chi connectivity index (χ0n) is 10.8. The highest BCUT2D eigenvalue weighted by Crippen LogP contribution is 2.28. The van der Waals surface area contributed by atoms with Gasteiger partial charge in [0.1, 0.15) is 0 Å². The molecule has 0 aliphatic heterocycles. The van der Waals surface area contributed by atoms with Crippen molar-refractivity contribution in [3.63, 3.8) is 0 Å². The summed E-state index contributed by atoms with van der Waals surface area (Å²) < 4.78 is 39.0. The van der Waals surface area contributed by atoms with E-state index < -0.39 is 17.3 Å². The van der Waals surface area contributed by atoms with Gasteiger partial charge in [0.2, 0.25) is 0 Å². The van der Waals surface area contributed by atoms with Crippen molar-refractivity contribution in [1.29, 1.82) is 0 Å². The average Bonchev–Trinajstić information content (AvgIpc) is 2.42. The SMILES string of the molecule is NCc1ccc(Cn2cc(C(F)(F)F)ccc2=O)c(Cl)c1. The van der Waals surface area contributed by atoms with E-state index in [1.165, 1.54) is 0 Å². The van der Waals surface area contributed by atoms with Crippen molar-refractivity contribution in [3.05, 3.63) is 68.6 Å². The molecule has 2 aromatic rings. The number of benzene rings is 1. The van der Waals surface area contributed by atoms with Gasteiger partial charge >= 0.3 is 6.18 Å². The molecular weight excluding hydrogens is 305 g/mol. The minimum atomic E-state index is -4.50. The van der Waals surface area contributed by atoms with Crippen LogP contribution in [0.25, 0.3) is 0 Å². The zero-order chi connectivity index (χ0) is 15.6. The van der Waals surface area contributed by atoms with Gasteiger partial charge in [-0.25, -0.2) is 0 Å². The van der Waals surface area contributed by atoms with E-state index in [1.54, 1.807) is 18.2 Å². The summed E-state index contributed by atoms with van der Waals surface area (Å²) in [6.45, 7) is 0.274. The van der Waals surface area contributed by atoms with Gasteiger partial charge in [0.05, 0.1) is 12.1 Å². The Labute approximate surface area is 123 Å². The molecule has 7 heteroatoms. The lowest BCUT2D eigenvalue weighted by molar-refractivity contribution is -0.138. The second-order valence-electron chi connectivity index (χ2n) is 4.51. The van der Waals surface area contributed by atoms with E-state index in [-0.39, 0.29) is 6.54 Å². The molecule has 0 bridgehead atoms. The number of hydrogen-bond acceptors (Lipinski definition) is 2. The van der Waals surface area contributed by atoms with Gasteiger partial charge in [-0.15, -0.1) is 0 Å². The van der Waals surface area contributed by atoms with E-state index in [0.717, 1.165) is 28.5 Å². The molecular formula is C14H12ClF3N2O. The summed E-state index contributed by atoms with van der Waals surface area (Å²) >= 11 is 6.05. The molecule has 3 nitrogen and oxygen atoms in total. The first-order chi connectivity index (χ1) is 9.81. The minimum Gasteiger partial charge on any atom is -0.326 e. The third-order valence-electron chi connectivity index (χ3n) is 3.00. The number of hydrogen-bond donors (Lipinski definition) is 1. The Balaban J connectivity index is 2.37. The van der Waals surface area contributed by atoms with Gasteiger partial charge < -0.3 is 10.3 Å². The first-order valence-electron chi connectivity index (χ1n) is 6.06. The highest BCUT2D eigenvalue weighted by molar-refractivity contribution is 6.31. The lowest BCUT2D eigenvalue weighted by atomic mass is 10.1. The first kappa shape index (κ1) is 15.6. The van der Waals surface area contributed by atoms with E-state index in [0.29, 0.717) is 17.1 Å². The summed E-state index contributed by atoms with van der Waals surface area (Å²) in [5.41, 5.74) is 5.43. The van der Waals surface area contributed by atoms with Gasteiger partial charge in [0.15, 0.2) is 0 Å². The normalized spacial score (nSPS) is 11.7. The number of nitrogens with zero attached hydrogens (tertiary/aromatic N) is 1. The largest absolute Gasteiger partial charge is 0.417 e. The van der Waals surface area contributed by atoms with Crippen molar-refractivity contribution in [2.24, 2.45) is 5.73 Å². The Hall–Kier alpha value is -1.79. The first-order valence-corrected chi connectivity index (χ1v) is 6.44. The Morgan fingerprint density at radius 1 is 1.19 bits per heavy atom. The fourth-order valence-corrected chi connectivity index (χ4v) is 2.12. The average molecular weight is 317 g/mol. The molecule has 0 saturated carbocycles. The van der Waals surface area contributed by atoms with Crippen molar-refractivity contribution in [2.75, 3.05) is 0 Å². The van der Waals surface area contributed by atoms with Crippen LogP contribution in [0.3, 0.4) is 0 Å². The summed E-state index contributed by atoms with van der Waals surface area (Å²) in [6.07, 6.45) is -3.71. The molecule has 1 heterocycles. The molecule has 0 saturated heterocycles. The zero-order valence-corrected chi connectivity index (χ0v) is 11.6. The maximum atomic E-state index is 12.7. The standard InChI is InChI=1S/C14H12ClF3N2O/c15-12-5-9(6-19)1-2-10(12)7-20-8-11(14(16,17)18)3-4-13(20)21/h1-5,8H,6-7,19H2. The molecule has 0 spiro atoms. The molecule has 21 heavy (non-hydrogen) atoms. The Morgan fingerprint density at radius 2 is 1.90 bits per heavy atom. The molecule has 0 aliphatic carbocycles. The fraction of sp³-hybridized carbons (Fsp3) is 0.214. The van der Waals surface area contributed by atoms with E-state index in [9.17, 15) is 18.0 Å². The van der Waals surface area contributed by atoms with Crippen LogP contribution >= 0.6 is 11.6 Å². The van der Waals surface area contributed by atoms with Crippen LogP contribution in [0, 0.1) is 0 Å². The van der Waals surface area contributed by atoms with Crippen molar-refractivity contribution in [1.82, 2.24) is 4.57 Å². The monoisotopic (exact) mass is 316 g/mol.